The molecule has 96 valence electrons. The number of rotatable bonds is 6. The quantitative estimate of drug-likeness (QED) is 0.762. The van der Waals surface area contributed by atoms with Gasteiger partial charge in [-0.3, -0.25) is 0 Å². The maximum absolute atomic E-state index is 12.1. The van der Waals surface area contributed by atoms with Crippen molar-refractivity contribution in [2.45, 2.75) is 51.0 Å². The Kier molecular flexibility index (Phi) is 5.21. The maximum atomic E-state index is 12.1. The molecule has 1 heterocycles. The summed E-state index contributed by atoms with van der Waals surface area (Å²) in [7, 11) is -3.05. The Labute approximate surface area is 98.7 Å². The Hall–Kier alpha value is -0.130. The lowest BCUT2D eigenvalue weighted by atomic mass is 10.2. The summed E-state index contributed by atoms with van der Waals surface area (Å²) in [5.74, 6) is 0.171. The summed E-state index contributed by atoms with van der Waals surface area (Å²) in [6, 6.07) is -0.00333. The molecule has 1 fully saturated rings. The van der Waals surface area contributed by atoms with E-state index >= 15 is 0 Å². The molecule has 0 spiro atoms. The number of nitrogens with one attached hydrogen (secondary N) is 1. The highest BCUT2D eigenvalue weighted by Crippen LogP contribution is 2.17. The second-order valence-corrected chi connectivity index (χ2v) is 6.92. The van der Waals surface area contributed by atoms with Crippen molar-refractivity contribution in [2.75, 3.05) is 18.9 Å². The fraction of sp³-hybridized carbons (Fsp3) is 1.00. The van der Waals surface area contributed by atoms with Gasteiger partial charge in [-0.1, -0.05) is 6.92 Å². The minimum absolute atomic E-state index is 0.00333. The van der Waals surface area contributed by atoms with E-state index in [4.69, 9.17) is 4.74 Å². The van der Waals surface area contributed by atoms with Crippen LogP contribution in [0.4, 0.5) is 0 Å². The SMILES string of the molecule is CCNC(C)C(C)S(=O)(=O)CC1CCCO1. The Bertz CT molecular complexity index is 296. The molecule has 0 bridgehead atoms. The first-order valence-corrected chi connectivity index (χ1v) is 7.75. The minimum Gasteiger partial charge on any atom is -0.377 e. The van der Waals surface area contributed by atoms with Gasteiger partial charge in [-0.25, -0.2) is 8.42 Å². The van der Waals surface area contributed by atoms with E-state index in [0.717, 1.165) is 19.4 Å². The van der Waals surface area contributed by atoms with Crippen LogP contribution in [0.1, 0.15) is 33.6 Å². The molecule has 0 amide bonds. The van der Waals surface area contributed by atoms with E-state index in [9.17, 15) is 8.42 Å². The molecule has 3 atom stereocenters. The number of hydrogen-bond donors (Lipinski definition) is 1. The number of sulfone groups is 1. The van der Waals surface area contributed by atoms with Crippen LogP contribution in [0, 0.1) is 0 Å². The first-order valence-electron chi connectivity index (χ1n) is 6.04. The Morgan fingerprint density at radius 1 is 1.44 bits per heavy atom. The van der Waals surface area contributed by atoms with E-state index in [1.54, 1.807) is 6.92 Å². The molecule has 0 aromatic heterocycles. The lowest BCUT2D eigenvalue weighted by Crippen LogP contribution is -2.42. The lowest BCUT2D eigenvalue weighted by molar-refractivity contribution is 0.127. The predicted octanol–water partition coefficient (Wildman–Crippen LogP) is 0.967. The summed E-state index contributed by atoms with van der Waals surface area (Å²) in [6.45, 7) is 7.17. The van der Waals surface area contributed by atoms with E-state index in [0.29, 0.717) is 6.61 Å². The molecule has 4 nitrogen and oxygen atoms in total. The van der Waals surface area contributed by atoms with Crippen LogP contribution in [0.15, 0.2) is 0 Å². The highest BCUT2D eigenvalue weighted by molar-refractivity contribution is 7.92. The van der Waals surface area contributed by atoms with Gasteiger partial charge in [0, 0.05) is 12.6 Å². The molecule has 0 aliphatic carbocycles. The number of hydrogen-bond acceptors (Lipinski definition) is 4. The van der Waals surface area contributed by atoms with Crippen LogP contribution >= 0.6 is 0 Å². The molecule has 5 heteroatoms. The zero-order valence-electron chi connectivity index (χ0n) is 10.4. The van der Waals surface area contributed by atoms with Crippen LogP contribution in [0.5, 0.6) is 0 Å². The lowest BCUT2D eigenvalue weighted by Gasteiger charge is -2.22. The second-order valence-electron chi connectivity index (χ2n) is 4.52. The molecular formula is C11H23NO3S. The molecule has 1 N–H and O–H groups in total. The standard InChI is InChI=1S/C11H23NO3S/c1-4-12-9(2)10(3)16(13,14)8-11-6-5-7-15-11/h9-12H,4-8H2,1-3H3. The largest absolute Gasteiger partial charge is 0.377 e. The van der Waals surface area contributed by atoms with Crippen LogP contribution in [0.2, 0.25) is 0 Å². The van der Waals surface area contributed by atoms with E-state index in [1.165, 1.54) is 0 Å². The van der Waals surface area contributed by atoms with Gasteiger partial charge >= 0.3 is 0 Å². The van der Waals surface area contributed by atoms with Crippen LogP contribution in [0.3, 0.4) is 0 Å². The molecular weight excluding hydrogens is 226 g/mol. The summed E-state index contributed by atoms with van der Waals surface area (Å²) in [6.07, 6.45) is 1.78. The van der Waals surface area contributed by atoms with Crippen molar-refractivity contribution in [2.24, 2.45) is 0 Å². The van der Waals surface area contributed by atoms with Gasteiger partial charge in [0.15, 0.2) is 9.84 Å². The minimum atomic E-state index is -3.05. The van der Waals surface area contributed by atoms with Crippen molar-refractivity contribution in [1.82, 2.24) is 5.32 Å². The molecule has 16 heavy (non-hydrogen) atoms. The van der Waals surface area contributed by atoms with Gasteiger partial charge in [-0.05, 0) is 33.2 Å². The molecule has 0 radical (unpaired) electrons. The smallest absolute Gasteiger partial charge is 0.156 e. The van der Waals surface area contributed by atoms with Crippen molar-refractivity contribution < 1.29 is 13.2 Å². The van der Waals surface area contributed by atoms with E-state index in [2.05, 4.69) is 5.32 Å². The molecule has 1 aliphatic heterocycles. The fourth-order valence-electron chi connectivity index (χ4n) is 1.99. The predicted molar refractivity (Wildman–Crippen MR) is 65.4 cm³/mol. The first kappa shape index (κ1) is 13.9. The van der Waals surface area contributed by atoms with Crippen LogP contribution in [-0.2, 0) is 14.6 Å². The molecule has 0 aromatic carbocycles. The second kappa shape index (κ2) is 5.98. The summed E-state index contributed by atoms with van der Waals surface area (Å²) < 4.78 is 29.5. The third kappa shape index (κ3) is 3.71. The van der Waals surface area contributed by atoms with E-state index < -0.39 is 9.84 Å². The van der Waals surface area contributed by atoms with Gasteiger partial charge in [-0.2, -0.15) is 0 Å². The molecule has 1 aliphatic rings. The van der Waals surface area contributed by atoms with Gasteiger partial charge < -0.3 is 10.1 Å². The zero-order chi connectivity index (χ0) is 12.2. The molecule has 3 unspecified atom stereocenters. The Balaban J connectivity index is 2.54. The Morgan fingerprint density at radius 2 is 2.12 bits per heavy atom. The van der Waals surface area contributed by atoms with E-state index in [-0.39, 0.29) is 23.1 Å². The summed E-state index contributed by atoms with van der Waals surface area (Å²) in [5.41, 5.74) is 0. The maximum Gasteiger partial charge on any atom is 0.156 e. The molecule has 0 aromatic rings. The fourth-order valence-corrected chi connectivity index (χ4v) is 3.79. The highest BCUT2D eigenvalue weighted by atomic mass is 32.2. The van der Waals surface area contributed by atoms with Crippen LogP contribution in [-0.4, -0.2) is 44.7 Å². The van der Waals surface area contributed by atoms with E-state index in [1.807, 2.05) is 13.8 Å². The molecule has 0 saturated carbocycles. The molecule has 1 rings (SSSR count). The monoisotopic (exact) mass is 249 g/mol. The average molecular weight is 249 g/mol. The van der Waals surface area contributed by atoms with Crippen molar-refractivity contribution >= 4 is 9.84 Å². The summed E-state index contributed by atoms with van der Waals surface area (Å²) >= 11 is 0. The number of ether oxygens (including phenoxy) is 1. The van der Waals surface area contributed by atoms with Gasteiger partial charge in [-0.15, -0.1) is 0 Å². The van der Waals surface area contributed by atoms with Crippen molar-refractivity contribution in [1.29, 1.82) is 0 Å². The van der Waals surface area contributed by atoms with Crippen LogP contribution in [0.25, 0.3) is 0 Å². The van der Waals surface area contributed by atoms with Gasteiger partial charge in [0.2, 0.25) is 0 Å². The highest BCUT2D eigenvalue weighted by Gasteiger charge is 2.30. The normalized spacial score (nSPS) is 25.6. The van der Waals surface area contributed by atoms with Crippen molar-refractivity contribution in [3.8, 4) is 0 Å². The van der Waals surface area contributed by atoms with Gasteiger partial charge in [0.1, 0.15) is 0 Å². The topological polar surface area (TPSA) is 55.4 Å². The van der Waals surface area contributed by atoms with Crippen molar-refractivity contribution in [3.05, 3.63) is 0 Å². The summed E-state index contributed by atoms with van der Waals surface area (Å²) in [4.78, 5) is 0. The van der Waals surface area contributed by atoms with Crippen LogP contribution < -0.4 is 5.32 Å². The van der Waals surface area contributed by atoms with Gasteiger partial charge in [0.05, 0.1) is 17.1 Å². The first-order chi connectivity index (χ1) is 7.47. The average Bonchev–Trinajstić information content (AvgIpc) is 2.68. The van der Waals surface area contributed by atoms with Crippen molar-refractivity contribution in [3.63, 3.8) is 0 Å². The Morgan fingerprint density at radius 3 is 2.62 bits per heavy atom. The zero-order valence-corrected chi connectivity index (χ0v) is 11.2. The third-order valence-corrected chi connectivity index (χ3v) is 5.62. The third-order valence-electron chi connectivity index (χ3n) is 3.24. The summed E-state index contributed by atoms with van der Waals surface area (Å²) in [5, 5.41) is 2.81. The molecule has 1 saturated heterocycles. The van der Waals surface area contributed by atoms with Gasteiger partial charge in [0.25, 0.3) is 0 Å².